The van der Waals surface area contributed by atoms with Gasteiger partial charge in [0.05, 0.1) is 29.4 Å². The van der Waals surface area contributed by atoms with Gasteiger partial charge in [0.2, 0.25) is 0 Å². The average molecular weight is 340 g/mol. The molecule has 0 aliphatic heterocycles. The Labute approximate surface area is 150 Å². The maximum Gasteiger partial charge on any atom is 0.146 e. The average Bonchev–Trinajstić information content (AvgIpc) is 2.58. The van der Waals surface area contributed by atoms with Gasteiger partial charge >= 0.3 is 0 Å². The van der Waals surface area contributed by atoms with Crippen molar-refractivity contribution in [3.8, 4) is 0 Å². The first-order valence-corrected chi connectivity index (χ1v) is 8.79. The Balaban J connectivity index is 2.19. The Kier molecular flexibility index (Phi) is 6.39. The lowest BCUT2D eigenvalue weighted by atomic mass is 10.0. The van der Waals surface area contributed by atoms with Crippen LogP contribution >= 0.6 is 0 Å². The highest BCUT2D eigenvalue weighted by Gasteiger charge is 2.16. The molecule has 0 atom stereocenters. The first-order valence-electron chi connectivity index (χ1n) is 8.79. The molecule has 5 N–H and O–H groups in total. The number of anilines is 1. The molecule has 0 aromatic heterocycles. The number of hydrogen-bond acceptors (Lipinski definition) is 5. The number of ether oxygens (including phenoxy) is 1. The second-order valence-corrected chi connectivity index (χ2v) is 6.35. The van der Waals surface area contributed by atoms with Crippen molar-refractivity contribution in [2.24, 2.45) is 10.7 Å². The van der Waals surface area contributed by atoms with Crippen molar-refractivity contribution in [3.63, 3.8) is 0 Å². The number of nitrogen functional groups attached to an aromatic ring is 1. The molecular weight excluding hydrogens is 312 g/mol. The number of aliphatic imine (C=N–C) groups is 1. The van der Waals surface area contributed by atoms with Gasteiger partial charge in [-0.1, -0.05) is 26.2 Å². The fourth-order valence-corrected chi connectivity index (χ4v) is 2.59. The van der Waals surface area contributed by atoms with E-state index in [1.807, 2.05) is 26.0 Å². The number of nitrogens with one attached hydrogen (secondary N) is 1. The molecule has 25 heavy (non-hydrogen) atoms. The van der Waals surface area contributed by atoms with Crippen LogP contribution < -0.4 is 11.5 Å². The van der Waals surface area contributed by atoms with Crippen LogP contribution in [-0.2, 0) is 4.74 Å². The number of nitrogens with two attached hydrogens (primary N) is 2. The van der Waals surface area contributed by atoms with E-state index in [9.17, 15) is 0 Å². The standard InChI is InChI=1S/C20H28N4O/c1-4-5-6-7-10-25-20-12-19(16(22)11-17(20)23)24-18-9-8-15(21)13(2)14(18)3/h8-9,11-12,23H,4-7,10,21-22H2,1-3H3/b23-17?,24-19-. The molecule has 0 radical (unpaired) electrons. The molecule has 1 aliphatic rings. The fourth-order valence-electron chi connectivity index (χ4n) is 2.59. The number of hydrogen-bond donors (Lipinski definition) is 3. The van der Waals surface area contributed by atoms with E-state index in [0.717, 1.165) is 35.3 Å². The van der Waals surface area contributed by atoms with Crippen molar-refractivity contribution in [2.75, 3.05) is 12.3 Å². The van der Waals surface area contributed by atoms with Crippen molar-refractivity contribution in [1.82, 2.24) is 0 Å². The molecule has 0 saturated heterocycles. The minimum absolute atomic E-state index is 0.289. The fraction of sp³-hybridized carbons (Fsp3) is 0.400. The van der Waals surface area contributed by atoms with Crippen LogP contribution in [0.3, 0.4) is 0 Å². The summed E-state index contributed by atoms with van der Waals surface area (Å²) in [4.78, 5) is 4.66. The second-order valence-electron chi connectivity index (χ2n) is 6.35. The van der Waals surface area contributed by atoms with E-state index in [0.29, 0.717) is 23.8 Å². The zero-order valence-electron chi connectivity index (χ0n) is 15.4. The summed E-state index contributed by atoms with van der Waals surface area (Å²) in [5, 5.41) is 8.05. The molecule has 0 spiro atoms. The highest BCUT2D eigenvalue weighted by Crippen LogP contribution is 2.27. The summed E-state index contributed by atoms with van der Waals surface area (Å²) in [6, 6.07) is 3.73. The number of benzene rings is 1. The van der Waals surface area contributed by atoms with Crippen LogP contribution in [0.2, 0.25) is 0 Å². The van der Waals surface area contributed by atoms with Gasteiger partial charge in [-0.05, 0) is 49.6 Å². The molecule has 134 valence electrons. The van der Waals surface area contributed by atoms with E-state index in [4.69, 9.17) is 21.6 Å². The van der Waals surface area contributed by atoms with Crippen LogP contribution in [0.1, 0.15) is 43.7 Å². The van der Waals surface area contributed by atoms with Gasteiger partial charge in [-0.25, -0.2) is 4.99 Å². The van der Waals surface area contributed by atoms with Gasteiger partial charge in [-0.15, -0.1) is 0 Å². The van der Waals surface area contributed by atoms with Gasteiger partial charge in [-0.2, -0.15) is 0 Å². The molecule has 0 bridgehead atoms. The van der Waals surface area contributed by atoms with E-state index in [1.54, 1.807) is 12.2 Å². The maximum absolute atomic E-state index is 8.05. The Morgan fingerprint density at radius 3 is 2.52 bits per heavy atom. The normalized spacial score (nSPS) is 16.0. The largest absolute Gasteiger partial charge is 0.491 e. The first-order chi connectivity index (χ1) is 11.9. The molecular formula is C20H28N4O. The van der Waals surface area contributed by atoms with E-state index < -0.39 is 0 Å². The quantitative estimate of drug-likeness (QED) is 0.392. The molecule has 0 heterocycles. The van der Waals surface area contributed by atoms with E-state index in [2.05, 4.69) is 11.9 Å². The lowest BCUT2D eigenvalue weighted by molar-refractivity contribution is 0.223. The van der Waals surface area contributed by atoms with Gasteiger partial charge in [0.25, 0.3) is 0 Å². The predicted molar refractivity (Wildman–Crippen MR) is 106 cm³/mol. The lowest BCUT2D eigenvalue weighted by Crippen LogP contribution is -2.20. The van der Waals surface area contributed by atoms with Crippen molar-refractivity contribution < 1.29 is 4.74 Å². The van der Waals surface area contributed by atoms with Gasteiger partial charge < -0.3 is 16.2 Å². The molecule has 0 fully saturated rings. The first kappa shape index (κ1) is 18.8. The van der Waals surface area contributed by atoms with Crippen molar-refractivity contribution in [3.05, 3.63) is 46.9 Å². The highest BCUT2D eigenvalue weighted by atomic mass is 16.5. The van der Waals surface area contributed by atoms with Gasteiger partial charge in [0.1, 0.15) is 5.76 Å². The van der Waals surface area contributed by atoms with Crippen LogP contribution in [-0.4, -0.2) is 18.0 Å². The van der Waals surface area contributed by atoms with Crippen LogP contribution in [0.4, 0.5) is 11.4 Å². The summed E-state index contributed by atoms with van der Waals surface area (Å²) in [5.41, 5.74) is 17.0. The molecule has 1 aromatic carbocycles. The Morgan fingerprint density at radius 1 is 1.04 bits per heavy atom. The number of allylic oxidation sites excluding steroid dienone is 2. The molecule has 0 saturated carbocycles. The Bertz CT molecular complexity index is 744. The zero-order chi connectivity index (χ0) is 18.4. The third kappa shape index (κ3) is 4.72. The SMILES string of the molecule is CCCCCCOC1=C/C(=N/c2ccc(N)c(C)c2C)C(N)=CC1=N. The monoisotopic (exact) mass is 340 g/mol. The lowest BCUT2D eigenvalue weighted by Gasteiger charge is -2.16. The van der Waals surface area contributed by atoms with E-state index >= 15 is 0 Å². The minimum atomic E-state index is 0.289. The number of nitrogens with zero attached hydrogens (tertiary/aromatic N) is 1. The smallest absolute Gasteiger partial charge is 0.146 e. The number of rotatable bonds is 7. The van der Waals surface area contributed by atoms with E-state index in [1.165, 1.54) is 12.8 Å². The summed E-state index contributed by atoms with van der Waals surface area (Å²) in [6.07, 6.45) is 7.87. The zero-order valence-corrected chi connectivity index (χ0v) is 15.4. The second kappa shape index (κ2) is 8.51. The third-order valence-electron chi connectivity index (χ3n) is 4.43. The Hall–Kier alpha value is -2.56. The molecule has 2 rings (SSSR count). The summed E-state index contributed by atoms with van der Waals surface area (Å²) >= 11 is 0. The summed E-state index contributed by atoms with van der Waals surface area (Å²) in [6.45, 7) is 6.75. The van der Waals surface area contributed by atoms with Crippen LogP contribution in [0.25, 0.3) is 0 Å². The molecule has 1 aliphatic carbocycles. The van der Waals surface area contributed by atoms with Crippen molar-refractivity contribution in [2.45, 2.75) is 46.5 Å². The van der Waals surface area contributed by atoms with Gasteiger partial charge in [0.15, 0.2) is 0 Å². The van der Waals surface area contributed by atoms with Gasteiger partial charge in [0, 0.05) is 11.8 Å². The molecule has 5 heteroatoms. The Morgan fingerprint density at radius 2 is 1.80 bits per heavy atom. The molecule has 0 amide bonds. The minimum Gasteiger partial charge on any atom is -0.491 e. The summed E-state index contributed by atoms with van der Waals surface area (Å²) in [7, 11) is 0. The highest BCUT2D eigenvalue weighted by molar-refractivity contribution is 6.22. The van der Waals surface area contributed by atoms with Crippen LogP contribution in [0.15, 0.2) is 40.7 Å². The summed E-state index contributed by atoms with van der Waals surface area (Å²) in [5.74, 6) is 0.522. The van der Waals surface area contributed by atoms with Crippen molar-refractivity contribution in [1.29, 1.82) is 5.41 Å². The summed E-state index contributed by atoms with van der Waals surface area (Å²) < 4.78 is 5.77. The number of unbranched alkanes of at least 4 members (excludes halogenated alkanes) is 3. The third-order valence-corrected chi connectivity index (χ3v) is 4.43. The topological polar surface area (TPSA) is 97.5 Å². The molecule has 5 nitrogen and oxygen atoms in total. The van der Waals surface area contributed by atoms with E-state index in [-0.39, 0.29) is 5.71 Å². The molecule has 0 unspecified atom stereocenters. The van der Waals surface area contributed by atoms with Crippen LogP contribution in [0.5, 0.6) is 0 Å². The maximum atomic E-state index is 8.05. The van der Waals surface area contributed by atoms with Crippen molar-refractivity contribution >= 4 is 22.8 Å². The molecule has 1 aromatic rings. The van der Waals surface area contributed by atoms with Crippen LogP contribution in [0, 0.1) is 19.3 Å². The van der Waals surface area contributed by atoms with Gasteiger partial charge in [-0.3, -0.25) is 5.41 Å². The predicted octanol–water partition coefficient (Wildman–Crippen LogP) is 4.31.